The second-order valence-corrected chi connectivity index (χ2v) is 5.81. The summed E-state index contributed by atoms with van der Waals surface area (Å²) in [6.07, 6.45) is 11.7. The van der Waals surface area contributed by atoms with Gasteiger partial charge < -0.3 is 10.4 Å². The van der Waals surface area contributed by atoms with Crippen LogP contribution in [0.25, 0.3) is 0 Å². The van der Waals surface area contributed by atoms with Gasteiger partial charge in [0, 0.05) is 12.1 Å². The Bertz CT molecular complexity index is 199. The van der Waals surface area contributed by atoms with E-state index in [1.807, 2.05) is 0 Å². The second-order valence-electron chi connectivity index (χ2n) is 5.81. The highest BCUT2D eigenvalue weighted by Crippen LogP contribution is 2.27. The van der Waals surface area contributed by atoms with Crippen molar-refractivity contribution in [3.05, 3.63) is 0 Å². The third-order valence-corrected chi connectivity index (χ3v) is 4.56. The quantitative estimate of drug-likeness (QED) is 0.724. The molecule has 2 fully saturated rings. The molecule has 0 amide bonds. The molecule has 0 heterocycles. The predicted molar refractivity (Wildman–Crippen MR) is 67.4 cm³/mol. The lowest BCUT2D eigenvalue weighted by atomic mass is 9.92. The molecule has 0 bridgehead atoms. The standard InChI is InChI=1S/C14H27NO/c1-11(12-7-4-2-3-5-8-12)15-13-9-6-10-14(13)16/h11-16H,2-10H2,1H3/t11-,13-,14-/m1/s1. The fourth-order valence-corrected chi connectivity index (χ4v) is 3.42. The Balaban J connectivity index is 1.79. The van der Waals surface area contributed by atoms with Crippen LogP contribution in [0, 0.1) is 5.92 Å². The third kappa shape index (κ3) is 3.21. The van der Waals surface area contributed by atoms with Crippen molar-refractivity contribution in [1.29, 1.82) is 0 Å². The molecule has 2 nitrogen and oxygen atoms in total. The van der Waals surface area contributed by atoms with Crippen molar-refractivity contribution < 1.29 is 5.11 Å². The van der Waals surface area contributed by atoms with E-state index < -0.39 is 0 Å². The maximum atomic E-state index is 9.83. The molecule has 16 heavy (non-hydrogen) atoms. The number of hydrogen-bond donors (Lipinski definition) is 2. The van der Waals surface area contributed by atoms with Crippen molar-refractivity contribution >= 4 is 0 Å². The molecule has 2 aliphatic carbocycles. The van der Waals surface area contributed by atoms with Gasteiger partial charge in [0.2, 0.25) is 0 Å². The summed E-state index contributed by atoms with van der Waals surface area (Å²) in [5, 5.41) is 13.5. The van der Waals surface area contributed by atoms with Crippen molar-refractivity contribution in [2.24, 2.45) is 5.92 Å². The van der Waals surface area contributed by atoms with Crippen molar-refractivity contribution in [2.45, 2.75) is 82.9 Å². The van der Waals surface area contributed by atoms with Crippen LogP contribution >= 0.6 is 0 Å². The molecular formula is C14H27NO. The van der Waals surface area contributed by atoms with E-state index in [1.54, 1.807) is 0 Å². The molecule has 0 aromatic heterocycles. The SMILES string of the molecule is C[C@@H](N[C@@H]1CCC[C@H]1O)C1CCCCCC1. The molecule has 94 valence electrons. The maximum absolute atomic E-state index is 9.83. The molecule has 2 heteroatoms. The van der Waals surface area contributed by atoms with Gasteiger partial charge in [0.05, 0.1) is 6.10 Å². The van der Waals surface area contributed by atoms with Crippen LogP contribution in [0.15, 0.2) is 0 Å². The van der Waals surface area contributed by atoms with E-state index >= 15 is 0 Å². The van der Waals surface area contributed by atoms with Gasteiger partial charge in [-0.05, 0) is 44.9 Å². The number of nitrogens with one attached hydrogen (secondary N) is 1. The van der Waals surface area contributed by atoms with Gasteiger partial charge in [0.25, 0.3) is 0 Å². The molecule has 2 rings (SSSR count). The summed E-state index contributed by atoms with van der Waals surface area (Å²) in [4.78, 5) is 0. The number of aliphatic hydroxyl groups is 1. The highest BCUT2D eigenvalue weighted by atomic mass is 16.3. The molecule has 3 atom stereocenters. The van der Waals surface area contributed by atoms with Crippen molar-refractivity contribution in [3.63, 3.8) is 0 Å². The molecular weight excluding hydrogens is 198 g/mol. The first-order valence-electron chi connectivity index (χ1n) is 7.21. The van der Waals surface area contributed by atoms with E-state index in [-0.39, 0.29) is 6.10 Å². The molecule has 0 unspecified atom stereocenters. The van der Waals surface area contributed by atoms with Crippen LogP contribution in [-0.2, 0) is 0 Å². The lowest BCUT2D eigenvalue weighted by molar-refractivity contribution is 0.136. The van der Waals surface area contributed by atoms with Gasteiger partial charge >= 0.3 is 0 Å². The third-order valence-electron chi connectivity index (χ3n) is 4.56. The number of hydrogen-bond acceptors (Lipinski definition) is 2. The largest absolute Gasteiger partial charge is 0.392 e. The molecule has 2 saturated carbocycles. The zero-order chi connectivity index (χ0) is 11.4. The van der Waals surface area contributed by atoms with Gasteiger partial charge in [0.1, 0.15) is 0 Å². The Kier molecular flexibility index (Phi) is 4.66. The number of rotatable bonds is 3. The van der Waals surface area contributed by atoms with E-state index in [1.165, 1.54) is 44.9 Å². The zero-order valence-corrected chi connectivity index (χ0v) is 10.6. The Morgan fingerprint density at radius 2 is 1.62 bits per heavy atom. The summed E-state index contributed by atoms with van der Waals surface area (Å²) in [6, 6.07) is 0.967. The van der Waals surface area contributed by atoms with Crippen LogP contribution in [0.3, 0.4) is 0 Å². The predicted octanol–water partition coefficient (Wildman–Crippen LogP) is 2.85. The smallest absolute Gasteiger partial charge is 0.0693 e. The molecule has 2 aliphatic rings. The van der Waals surface area contributed by atoms with E-state index in [4.69, 9.17) is 0 Å². The molecule has 0 aromatic rings. The first kappa shape index (κ1) is 12.4. The van der Waals surface area contributed by atoms with E-state index in [9.17, 15) is 5.11 Å². The fraction of sp³-hybridized carbons (Fsp3) is 1.00. The minimum Gasteiger partial charge on any atom is -0.392 e. The summed E-state index contributed by atoms with van der Waals surface area (Å²) in [6.45, 7) is 2.32. The Morgan fingerprint density at radius 1 is 0.938 bits per heavy atom. The van der Waals surface area contributed by atoms with Gasteiger partial charge in [-0.25, -0.2) is 0 Å². The van der Waals surface area contributed by atoms with Crippen LogP contribution in [0.5, 0.6) is 0 Å². The molecule has 2 N–H and O–H groups in total. The summed E-state index contributed by atoms with van der Waals surface area (Å²) >= 11 is 0. The molecule has 0 saturated heterocycles. The lowest BCUT2D eigenvalue weighted by Gasteiger charge is -2.28. The van der Waals surface area contributed by atoms with Crippen LogP contribution < -0.4 is 5.32 Å². The molecule has 0 aromatic carbocycles. The number of aliphatic hydroxyl groups excluding tert-OH is 1. The van der Waals surface area contributed by atoms with Gasteiger partial charge in [-0.1, -0.05) is 25.7 Å². The zero-order valence-electron chi connectivity index (χ0n) is 10.6. The van der Waals surface area contributed by atoms with Gasteiger partial charge in [-0.3, -0.25) is 0 Å². The fourth-order valence-electron chi connectivity index (χ4n) is 3.42. The summed E-state index contributed by atoms with van der Waals surface area (Å²) in [7, 11) is 0. The van der Waals surface area contributed by atoms with Crippen molar-refractivity contribution in [1.82, 2.24) is 5.32 Å². The molecule has 0 aliphatic heterocycles. The summed E-state index contributed by atoms with van der Waals surface area (Å²) in [5.41, 5.74) is 0. The maximum Gasteiger partial charge on any atom is 0.0693 e. The molecule has 0 radical (unpaired) electrons. The highest BCUT2D eigenvalue weighted by Gasteiger charge is 2.28. The van der Waals surface area contributed by atoms with Gasteiger partial charge in [0.15, 0.2) is 0 Å². The molecule has 0 spiro atoms. The Labute approximate surface area is 99.8 Å². The van der Waals surface area contributed by atoms with Gasteiger partial charge in [-0.2, -0.15) is 0 Å². The normalized spacial score (nSPS) is 34.9. The average molecular weight is 225 g/mol. The Hall–Kier alpha value is -0.0800. The average Bonchev–Trinajstić information content (AvgIpc) is 2.57. The van der Waals surface area contributed by atoms with Crippen molar-refractivity contribution in [3.8, 4) is 0 Å². The second kappa shape index (κ2) is 6.02. The van der Waals surface area contributed by atoms with Crippen LogP contribution in [-0.4, -0.2) is 23.3 Å². The minimum absolute atomic E-state index is 0.0896. The van der Waals surface area contributed by atoms with Crippen LogP contribution in [0.1, 0.15) is 64.7 Å². The van der Waals surface area contributed by atoms with Crippen molar-refractivity contribution in [2.75, 3.05) is 0 Å². The Morgan fingerprint density at radius 3 is 2.19 bits per heavy atom. The van der Waals surface area contributed by atoms with E-state index in [0.29, 0.717) is 12.1 Å². The first-order chi connectivity index (χ1) is 7.77. The van der Waals surface area contributed by atoms with E-state index in [0.717, 1.165) is 18.8 Å². The van der Waals surface area contributed by atoms with Crippen LogP contribution in [0.2, 0.25) is 0 Å². The van der Waals surface area contributed by atoms with E-state index in [2.05, 4.69) is 12.2 Å². The monoisotopic (exact) mass is 225 g/mol. The minimum atomic E-state index is -0.0896. The summed E-state index contributed by atoms with van der Waals surface area (Å²) < 4.78 is 0. The van der Waals surface area contributed by atoms with Crippen LogP contribution in [0.4, 0.5) is 0 Å². The lowest BCUT2D eigenvalue weighted by Crippen LogP contribution is -2.44. The van der Waals surface area contributed by atoms with Gasteiger partial charge in [-0.15, -0.1) is 0 Å². The topological polar surface area (TPSA) is 32.3 Å². The summed E-state index contributed by atoms with van der Waals surface area (Å²) in [5.74, 6) is 0.843. The first-order valence-corrected chi connectivity index (χ1v) is 7.21. The highest BCUT2D eigenvalue weighted by molar-refractivity contribution is 4.86.